The number of nitrogens with two attached hydrogens (primary N) is 1. The topological polar surface area (TPSA) is 80.4 Å². The highest BCUT2D eigenvalue weighted by Gasteiger charge is 2.28. The fourth-order valence-electron chi connectivity index (χ4n) is 0.715. The smallest absolute Gasteiger partial charge is 0.155 e. The monoisotopic (exact) mass is 209 g/mol. The van der Waals surface area contributed by atoms with Crippen molar-refractivity contribution in [2.24, 2.45) is 5.73 Å². The van der Waals surface area contributed by atoms with E-state index in [1.54, 1.807) is 20.8 Å². The van der Waals surface area contributed by atoms with Crippen molar-refractivity contribution >= 4 is 9.84 Å². The largest absolute Gasteiger partial charge is 0.392 e. The SMILES string of the molecule is CC(C)(C)S(=O)(=O)CCC(O)CN. The van der Waals surface area contributed by atoms with Gasteiger partial charge < -0.3 is 10.8 Å². The lowest BCUT2D eigenvalue weighted by Crippen LogP contribution is -2.33. The van der Waals surface area contributed by atoms with E-state index in [1.165, 1.54) is 0 Å². The second-order valence-electron chi connectivity index (χ2n) is 4.11. The van der Waals surface area contributed by atoms with Gasteiger partial charge in [0.25, 0.3) is 0 Å². The minimum atomic E-state index is -3.12. The lowest BCUT2D eigenvalue weighted by molar-refractivity contribution is 0.179. The van der Waals surface area contributed by atoms with E-state index in [2.05, 4.69) is 0 Å². The van der Waals surface area contributed by atoms with Crippen LogP contribution < -0.4 is 5.73 Å². The summed E-state index contributed by atoms with van der Waals surface area (Å²) in [5.41, 5.74) is 5.17. The van der Waals surface area contributed by atoms with Gasteiger partial charge in [-0.05, 0) is 27.2 Å². The Labute approximate surface area is 80.1 Å². The minimum Gasteiger partial charge on any atom is -0.392 e. The van der Waals surface area contributed by atoms with Gasteiger partial charge >= 0.3 is 0 Å². The Morgan fingerprint density at radius 2 is 1.85 bits per heavy atom. The first-order valence-corrected chi connectivity index (χ1v) is 5.96. The molecule has 3 N–H and O–H groups in total. The Morgan fingerprint density at radius 3 is 2.15 bits per heavy atom. The number of hydrogen-bond acceptors (Lipinski definition) is 4. The van der Waals surface area contributed by atoms with Crippen molar-refractivity contribution in [3.63, 3.8) is 0 Å². The highest BCUT2D eigenvalue weighted by molar-refractivity contribution is 7.92. The molecule has 0 fully saturated rings. The van der Waals surface area contributed by atoms with Crippen molar-refractivity contribution in [2.45, 2.75) is 38.0 Å². The average molecular weight is 209 g/mol. The van der Waals surface area contributed by atoms with Crippen LogP contribution in [0, 0.1) is 0 Å². The molecule has 0 aromatic carbocycles. The van der Waals surface area contributed by atoms with Crippen LogP contribution in [0.1, 0.15) is 27.2 Å². The molecule has 1 unspecified atom stereocenters. The van der Waals surface area contributed by atoms with Gasteiger partial charge in [-0.25, -0.2) is 8.42 Å². The molecule has 0 rings (SSSR count). The first-order valence-electron chi connectivity index (χ1n) is 4.31. The van der Waals surface area contributed by atoms with Crippen molar-refractivity contribution < 1.29 is 13.5 Å². The summed E-state index contributed by atoms with van der Waals surface area (Å²) >= 11 is 0. The number of aliphatic hydroxyl groups is 1. The molecular formula is C8H19NO3S. The van der Waals surface area contributed by atoms with Gasteiger partial charge in [0, 0.05) is 6.54 Å². The van der Waals surface area contributed by atoms with Gasteiger partial charge in [0.2, 0.25) is 0 Å². The fourth-order valence-corrected chi connectivity index (χ4v) is 1.91. The van der Waals surface area contributed by atoms with Crippen molar-refractivity contribution in [2.75, 3.05) is 12.3 Å². The molecule has 0 radical (unpaired) electrons. The molecule has 0 aliphatic rings. The van der Waals surface area contributed by atoms with E-state index in [1.807, 2.05) is 0 Å². The highest BCUT2D eigenvalue weighted by Crippen LogP contribution is 2.17. The Bertz CT molecular complexity index is 241. The summed E-state index contributed by atoms with van der Waals surface area (Å²) in [6.07, 6.45) is -0.493. The van der Waals surface area contributed by atoms with E-state index in [0.29, 0.717) is 0 Å². The molecule has 0 heterocycles. The van der Waals surface area contributed by atoms with Gasteiger partial charge in [0.1, 0.15) is 0 Å². The molecule has 0 aromatic rings. The predicted octanol–water partition coefficient (Wildman–Crippen LogP) is -0.0906. The van der Waals surface area contributed by atoms with Gasteiger partial charge in [-0.15, -0.1) is 0 Å². The van der Waals surface area contributed by atoms with Crippen LogP contribution in [0.5, 0.6) is 0 Å². The maximum absolute atomic E-state index is 11.5. The molecule has 5 heteroatoms. The second kappa shape index (κ2) is 4.39. The van der Waals surface area contributed by atoms with Crippen LogP contribution in [0.25, 0.3) is 0 Å². The number of hydrogen-bond donors (Lipinski definition) is 2. The van der Waals surface area contributed by atoms with Crippen LogP contribution in [0.2, 0.25) is 0 Å². The molecule has 13 heavy (non-hydrogen) atoms. The molecule has 0 amide bonds. The van der Waals surface area contributed by atoms with E-state index in [4.69, 9.17) is 10.8 Å². The predicted molar refractivity (Wildman–Crippen MR) is 53.2 cm³/mol. The molecule has 0 aliphatic carbocycles. The standard InChI is InChI=1S/C8H19NO3S/c1-8(2,3)13(11,12)5-4-7(10)6-9/h7,10H,4-6,9H2,1-3H3. The zero-order valence-electron chi connectivity index (χ0n) is 8.45. The summed E-state index contributed by atoms with van der Waals surface area (Å²) in [6.45, 7) is 5.06. The van der Waals surface area contributed by atoms with Crippen LogP contribution in [-0.4, -0.2) is 36.7 Å². The van der Waals surface area contributed by atoms with E-state index >= 15 is 0 Å². The Hall–Kier alpha value is -0.130. The summed E-state index contributed by atoms with van der Waals surface area (Å²) < 4.78 is 22.3. The van der Waals surface area contributed by atoms with Crippen LogP contribution in [0.15, 0.2) is 0 Å². The van der Waals surface area contributed by atoms with E-state index in [-0.39, 0.29) is 18.7 Å². The van der Waals surface area contributed by atoms with Crippen molar-refractivity contribution in [3.8, 4) is 0 Å². The molecule has 0 spiro atoms. The molecular weight excluding hydrogens is 190 g/mol. The third kappa shape index (κ3) is 4.06. The van der Waals surface area contributed by atoms with Gasteiger partial charge in [-0.1, -0.05) is 0 Å². The zero-order chi connectivity index (χ0) is 10.7. The van der Waals surface area contributed by atoms with Crippen molar-refractivity contribution in [1.29, 1.82) is 0 Å². The van der Waals surface area contributed by atoms with Gasteiger partial charge in [0.15, 0.2) is 9.84 Å². The maximum atomic E-state index is 11.5. The van der Waals surface area contributed by atoms with Crippen LogP contribution in [0.3, 0.4) is 0 Å². The molecule has 4 nitrogen and oxygen atoms in total. The van der Waals surface area contributed by atoms with Crippen molar-refractivity contribution in [1.82, 2.24) is 0 Å². The first-order chi connectivity index (χ1) is 5.70. The molecule has 0 aromatic heterocycles. The number of aliphatic hydroxyl groups excluding tert-OH is 1. The molecule has 0 saturated carbocycles. The summed E-state index contributed by atoms with van der Waals surface area (Å²) in [4.78, 5) is 0. The lowest BCUT2D eigenvalue weighted by Gasteiger charge is -2.19. The third-order valence-electron chi connectivity index (χ3n) is 1.92. The number of rotatable bonds is 4. The Balaban J connectivity index is 4.22. The Kier molecular flexibility index (Phi) is 4.35. The summed E-state index contributed by atoms with van der Waals surface area (Å²) in [6, 6.07) is 0. The summed E-state index contributed by atoms with van der Waals surface area (Å²) in [5, 5.41) is 9.10. The highest BCUT2D eigenvalue weighted by atomic mass is 32.2. The van der Waals surface area contributed by atoms with Gasteiger partial charge in [0.05, 0.1) is 16.6 Å². The van der Waals surface area contributed by atoms with E-state index < -0.39 is 20.7 Å². The third-order valence-corrected chi connectivity index (χ3v) is 4.56. The van der Waals surface area contributed by atoms with Crippen LogP contribution in [0.4, 0.5) is 0 Å². The zero-order valence-corrected chi connectivity index (χ0v) is 9.26. The van der Waals surface area contributed by atoms with E-state index in [0.717, 1.165) is 0 Å². The second-order valence-corrected chi connectivity index (χ2v) is 6.97. The van der Waals surface area contributed by atoms with Crippen molar-refractivity contribution in [3.05, 3.63) is 0 Å². The first kappa shape index (κ1) is 12.9. The van der Waals surface area contributed by atoms with E-state index in [9.17, 15) is 8.42 Å². The molecule has 0 bridgehead atoms. The van der Waals surface area contributed by atoms with Gasteiger partial charge in [-0.3, -0.25) is 0 Å². The average Bonchev–Trinajstić information content (AvgIpc) is 1.98. The Morgan fingerprint density at radius 1 is 1.38 bits per heavy atom. The molecule has 1 atom stereocenters. The van der Waals surface area contributed by atoms with Crippen LogP contribution >= 0.6 is 0 Å². The lowest BCUT2D eigenvalue weighted by atomic mass is 10.3. The fraction of sp³-hybridized carbons (Fsp3) is 1.00. The van der Waals surface area contributed by atoms with Gasteiger partial charge in [-0.2, -0.15) is 0 Å². The molecule has 80 valence electrons. The summed E-state index contributed by atoms with van der Waals surface area (Å²) in [5.74, 6) is -0.00509. The number of sulfone groups is 1. The molecule has 0 saturated heterocycles. The maximum Gasteiger partial charge on any atom is 0.155 e. The quantitative estimate of drug-likeness (QED) is 0.678. The summed E-state index contributed by atoms with van der Waals surface area (Å²) in [7, 11) is -3.12. The normalized spacial score (nSPS) is 15.8. The van der Waals surface area contributed by atoms with Crippen LogP contribution in [-0.2, 0) is 9.84 Å². The minimum absolute atomic E-state index is 0.00509. The molecule has 0 aliphatic heterocycles.